The zero-order valence-corrected chi connectivity index (χ0v) is 11.3. The summed E-state index contributed by atoms with van der Waals surface area (Å²) in [6, 6.07) is 0.829. The third kappa shape index (κ3) is 3.13. The lowest BCUT2D eigenvalue weighted by molar-refractivity contribution is 0.0928. The van der Waals surface area contributed by atoms with Crippen molar-refractivity contribution in [2.75, 3.05) is 39.3 Å². The Labute approximate surface area is 105 Å². The summed E-state index contributed by atoms with van der Waals surface area (Å²) in [6.07, 6.45) is 3.82. The third-order valence-corrected chi connectivity index (χ3v) is 4.65. The summed E-state index contributed by atoms with van der Waals surface area (Å²) >= 11 is 4.63. The van der Waals surface area contributed by atoms with E-state index in [1.165, 1.54) is 52.1 Å². The van der Waals surface area contributed by atoms with Crippen molar-refractivity contribution in [3.8, 4) is 0 Å². The van der Waals surface area contributed by atoms with E-state index in [2.05, 4.69) is 34.7 Å². The lowest BCUT2D eigenvalue weighted by Gasteiger charge is -2.41. The number of rotatable bonds is 3. The Morgan fingerprint density at radius 3 is 2.38 bits per heavy atom. The van der Waals surface area contributed by atoms with Crippen molar-refractivity contribution in [3.05, 3.63) is 0 Å². The molecule has 0 saturated carbocycles. The van der Waals surface area contributed by atoms with Gasteiger partial charge in [-0.3, -0.25) is 9.80 Å². The second-order valence-electron chi connectivity index (χ2n) is 4.94. The van der Waals surface area contributed by atoms with Gasteiger partial charge in [0.15, 0.2) is 0 Å². The molecule has 0 radical (unpaired) electrons. The van der Waals surface area contributed by atoms with Gasteiger partial charge in [-0.15, -0.1) is 0 Å². The summed E-state index contributed by atoms with van der Waals surface area (Å²) in [7, 11) is 0. The fourth-order valence-electron chi connectivity index (χ4n) is 2.85. The molecule has 0 aliphatic carbocycles. The molecule has 0 amide bonds. The van der Waals surface area contributed by atoms with Gasteiger partial charge < -0.3 is 5.32 Å². The predicted molar refractivity (Wildman–Crippen MR) is 72.1 cm³/mol. The molecule has 2 aliphatic heterocycles. The Hall–Kier alpha value is 0.230. The zero-order chi connectivity index (χ0) is 11.4. The summed E-state index contributed by atoms with van der Waals surface area (Å²) in [4.78, 5) is 5.20. The smallest absolute Gasteiger partial charge is 0.0524 e. The Morgan fingerprint density at radius 2 is 1.81 bits per heavy atom. The Kier molecular flexibility index (Phi) is 4.95. The van der Waals surface area contributed by atoms with Crippen LogP contribution in [0.4, 0.5) is 0 Å². The number of nitrogens with zero attached hydrogens (tertiary/aromatic N) is 2. The molecule has 0 aromatic rings. The molecule has 2 rings (SSSR count). The van der Waals surface area contributed by atoms with Gasteiger partial charge in [0, 0.05) is 45.3 Å². The summed E-state index contributed by atoms with van der Waals surface area (Å²) in [5, 5.41) is 3.90. The van der Waals surface area contributed by atoms with E-state index in [0.29, 0.717) is 5.37 Å². The van der Waals surface area contributed by atoms with Gasteiger partial charge in [0.2, 0.25) is 0 Å². The monoisotopic (exact) mass is 243 g/mol. The molecule has 2 aliphatic rings. The van der Waals surface area contributed by atoms with Gasteiger partial charge in [0.1, 0.15) is 0 Å². The Morgan fingerprint density at radius 1 is 1.19 bits per heavy atom. The predicted octanol–water partition coefficient (Wildman–Crippen LogP) is 1.02. The minimum absolute atomic E-state index is 0.476. The van der Waals surface area contributed by atoms with Crippen molar-refractivity contribution in [2.45, 2.75) is 37.6 Å². The number of piperazine rings is 1. The summed E-state index contributed by atoms with van der Waals surface area (Å²) in [5.41, 5.74) is 0. The van der Waals surface area contributed by atoms with Crippen LogP contribution in [0.25, 0.3) is 0 Å². The Bertz CT molecular complexity index is 198. The first-order valence-corrected chi connectivity index (χ1v) is 7.19. The summed E-state index contributed by atoms with van der Waals surface area (Å²) in [5.74, 6) is 0. The first-order chi connectivity index (χ1) is 7.81. The highest BCUT2D eigenvalue weighted by molar-refractivity contribution is 7.80. The van der Waals surface area contributed by atoms with Crippen molar-refractivity contribution >= 4 is 12.6 Å². The highest BCUT2D eigenvalue weighted by atomic mass is 32.1. The molecule has 3 nitrogen and oxygen atoms in total. The maximum atomic E-state index is 4.63. The molecule has 2 heterocycles. The summed E-state index contributed by atoms with van der Waals surface area (Å²) in [6.45, 7) is 9.51. The van der Waals surface area contributed by atoms with E-state index < -0.39 is 0 Å². The van der Waals surface area contributed by atoms with Crippen LogP contribution >= 0.6 is 12.6 Å². The van der Waals surface area contributed by atoms with Crippen LogP contribution in [0.2, 0.25) is 0 Å². The fraction of sp³-hybridized carbons (Fsp3) is 1.00. The molecular formula is C12H25N3S. The van der Waals surface area contributed by atoms with Crippen molar-refractivity contribution < 1.29 is 0 Å². The average Bonchev–Trinajstić information content (AvgIpc) is 2.39. The topological polar surface area (TPSA) is 18.5 Å². The molecule has 2 fully saturated rings. The zero-order valence-electron chi connectivity index (χ0n) is 10.4. The van der Waals surface area contributed by atoms with Crippen LogP contribution in [0.1, 0.15) is 26.2 Å². The molecule has 94 valence electrons. The maximum absolute atomic E-state index is 4.63. The van der Waals surface area contributed by atoms with E-state index in [1.807, 2.05) is 0 Å². The minimum atomic E-state index is 0.476. The van der Waals surface area contributed by atoms with E-state index in [0.717, 1.165) is 12.5 Å². The number of nitrogens with one attached hydrogen (secondary N) is 1. The van der Waals surface area contributed by atoms with Crippen LogP contribution in [0.3, 0.4) is 0 Å². The van der Waals surface area contributed by atoms with Crippen LogP contribution in [-0.4, -0.2) is 60.5 Å². The van der Waals surface area contributed by atoms with Gasteiger partial charge in [-0.1, -0.05) is 6.92 Å². The fourth-order valence-corrected chi connectivity index (χ4v) is 3.09. The molecule has 0 aromatic heterocycles. The van der Waals surface area contributed by atoms with Crippen molar-refractivity contribution in [1.82, 2.24) is 15.1 Å². The lowest BCUT2D eigenvalue weighted by atomic mass is 10.0. The first kappa shape index (κ1) is 12.7. The van der Waals surface area contributed by atoms with Gasteiger partial charge in [-0.2, -0.15) is 12.6 Å². The second kappa shape index (κ2) is 6.24. The van der Waals surface area contributed by atoms with Gasteiger partial charge >= 0.3 is 0 Å². The standard InChI is InChI=1S/C12H25N3S/c1-2-12(16)15-7-3-11(4-8-15)14-9-5-13-6-10-14/h11-13,16H,2-10H2,1H3. The molecule has 4 heteroatoms. The SMILES string of the molecule is CCC(S)N1CCC(N2CCNCC2)CC1. The van der Waals surface area contributed by atoms with Crippen molar-refractivity contribution in [2.24, 2.45) is 0 Å². The minimum Gasteiger partial charge on any atom is -0.314 e. The van der Waals surface area contributed by atoms with E-state index in [-0.39, 0.29) is 0 Å². The highest BCUT2D eigenvalue weighted by Crippen LogP contribution is 2.20. The van der Waals surface area contributed by atoms with Crippen molar-refractivity contribution in [3.63, 3.8) is 0 Å². The molecule has 1 N–H and O–H groups in total. The highest BCUT2D eigenvalue weighted by Gasteiger charge is 2.26. The normalized spacial score (nSPS) is 28.1. The van der Waals surface area contributed by atoms with E-state index in [9.17, 15) is 0 Å². The first-order valence-electron chi connectivity index (χ1n) is 6.68. The number of hydrogen-bond donors (Lipinski definition) is 2. The van der Waals surface area contributed by atoms with E-state index >= 15 is 0 Å². The number of thiol groups is 1. The summed E-state index contributed by atoms with van der Waals surface area (Å²) < 4.78 is 0. The molecule has 0 aromatic carbocycles. The van der Waals surface area contributed by atoms with Crippen molar-refractivity contribution in [1.29, 1.82) is 0 Å². The average molecular weight is 243 g/mol. The second-order valence-corrected chi connectivity index (χ2v) is 5.54. The lowest BCUT2D eigenvalue weighted by Crippen LogP contribution is -2.52. The quantitative estimate of drug-likeness (QED) is 0.722. The van der Waals surface area contributed by atoms with Gasteiger partial charge in [0.05, 0.1) is 5.37 Å². The molecule has 0 spiro atoms. The van der Waals surface area contributed by atoms with Gasteiger partial charge in [-0.05, 0) is 19.3 Å². The largest absolute Gasteiger partial charge is 0.314 e. The number of piperidine rings is 1. The molecule has 1 atom stereocenters. The molecule has 2 saturated heterocycles. The molecule has 1 unspecified atom stereocenters. The molecule has 16 heavy (non-hydrogen) atoms. The number of likely N-dealkylation sites (tertiary alicyclic amines) is 1. The number of hydrogen-bond acceptors (Lipinski definition) is 4. The van der Waals surface area contributed by atoms with Gasteiger partial charge in [0.25, 0.3) is 0 Å². The van der Waals surface area contributed by atoms with E-state index in [4.69, 9.17) is 0 Å². The van der Waals surface area contributed by atoms with Crippen LogP contribution in [0.15, 0.2) is 0 Å². The van der Waals surface area contributed by atoms with Crippen LogP contribution in [-0.2, 0) is 0 Å². The van der Waals surface area contributed by atoms with Crippen LogP contribution in [0, 0.1) is 0 Å². The van der Waals surface area contributed by atoms with Crippen LogP contribution < -0.4 is 5.32 Å². The third-order valence-electron chi connectivity index (χ3n) is 3.95. The van der Waals surface area contributed by atoms with Crippen LogP contribution in [0.5, 0.6) is 0 Å². The van der Waals surface area contributed by atoms with E-state index in [1.54, 1.807) is 0 Å². The Balaban J connectivity index is 1.75. The molecular weight excluding hydrogens is 218 g/mol. The maximum Gasteiger partial charge on any atom is 0.0524 e. The molecule has 0 bridgehead atoms. The van der Waals surface area contributed by atoms with Gasteiger partial charge in [-0.25, -0.2) is 0 Å².